The topological polar surface area (TPSA) is 81.2 Å². The molecule has 0 saturated carbocycles. The summed E-state index contributed by atoms with van der Waals surface area (Å²) >= 11 is 0. The number of carbonyl (C=O) groups excluding carboxylic acids is 1. The fourth-order valence-electron chi connectivity index (χ4n) is 2.86. The van der Waals surface area contributed by atoms with Gasteiger partial charge >= 0.3 is 0 Å². The third-order valence-corrected chi connectivity index (χ3v) is 4.01. The summed E-state index contributed by atoms with van der Waals surface area (Å²) in [6, 6.07) is 11.2. The minimum absolute atomic E-state index is 0.0791. The zero-order chi connectivity index (χ0) is 19.0. The van der Waals surface area contributed by atoms with E-state index < -0.39 is 5.82 Å². The minimum atomic E-state index is -0.460. The average Bonchev–Trinajstić information content (AvgIpc) is 3.30. The van der Waals surface area contributed by atoms with Gasteiger partial charge in [0, 0.05) is 11.6 Å². The predicted octanol–water partition coefficient (Wildman–Crippen LogP) is 4.43. The summed E-state index contributed by atoms with van der Waals surface area (Å²) in [7, 11) is 0. The summed E-state index contributed by atoms with van der Waals surface area (Å²) in [6.07, 6.45) is 1.51. The first-order chi connectivity index (χ1) is 13.0. The van der Waals surface area contributed by atoms with Gasteiger partial charge < -0.3 is 14.3 Å². The lowest BCUT2D eigenvalue weighted by Gasteiger charge is -2.10. The van der Waals surface area contributed by atoms with Crippen molar-refractivity contribution in [3.63, 3.8) is 0 Å². The summed E-state index contributed by atoms with van der Waals surface area (Å²) in [6.45, 7) is 3.71. The van der Waals surface area contributed by atoms with E-state index >= 15 is 0 Å². The molecule has 1 N–H and O–H groups in total. The quantitative estimate of drug-likeness (QED) is 0.579. The van der Waals surface area contributed by atoms with Crippen LogP contribution in [-0.2, 0) is 0 Å². The van der Waals surface area contributed by atoms with Gasteiger partial charge in [0.25, 0.3) is 11.6 Å². The van der Waals surface area contributed by atoms with Gasteiger partial charge in [-0.25, -0.2) is 9.37 Å². The van der Waals surface area contributed by atoms with Crippen LogP contribution in [0, 0.1) is 5.82 Å². The van der Waals surface area contributed by atoms with E-state index in [0.29, 0.717) is 22.4 Å². The van der Waals surface area contributed by atoms with Crippen molar-refractivity contribution < 1.29 is 18.1 Å². The van der Waals surface area contributed by atoms with Gasteiger partial charge in [-0.15, -0.1) is 0 Å². The molecule has 4 aromatic rings. The maximum absolute atomic E-state index is 14.3. The predicted molar refractivity (Wildman–Crippen MR) is 97.5 cm³/mol. The molecule has 0 saturated heterocycles. The summed E-state index contributed by atoms with van der Waals surface area (Å²) in [5, 5.41) is 7.18. The Labute approximate surface area is 154 Å². The Morgan fingerprint density at radius 2 is 2.00 bits per heavy atom. The molecule has 3 aromatic heterocycles. The van der Waals surface area contributed by atoms with Gasteiger partial charge in [-0.1, -0.05) is 17.3 Å². The molecule has 1 amide bonds. The van der Waals surface area contributed by atoms with E-state index in [1.807, 2.05) is 13.8 Å². The Morgan fingerprint density at radius 3 is 2.70 bits per heavy atom. The Morgan fingerprint density at radius 1 is 1.19 bits per heavy atom. The van der Waals surface area contributed by atoms with Gasteiger partial charge in [-0.3, -0.25) is 4.79 Å². The molecule has 0 aliphatic carbocycles. The lowest BCUT2D eigenvalue weighted by molar-refractivity contribution is 0.0944. The molecule has 3 heterocycles. The van der Waals surface area contributed by atoms with Gasteiger partial charge in [0.2, 0.25) is 0 Å². The van der Waals surface area contributed by atoms with Crippen LogP contribution in [0.15, 0.2) is 57.7 Å². The molecule has 0 radical (unpaired) electrons. The molecule has 136 valence electrons. The summed E-state index contributed by atoms with van der Waals surface area (Å²) in [5.41, 5.74) is 1.33. The smallest absolute Gasteiger partial charge is 0.259 e. The highest BCUT2D eigenvalue weighted by Crippen LogP contribution is 2.33. The first-order valence-electron chi connectivity index (χ1n) is 8.44. The molecule has 1 aromatic carbocycles. The first-order valence-corrected chi connectivity index (χ1v) is 8.44. The van der Waals surface area contributed by atoms with Crippen molar-refractivity contribution in [1.29, 1.82) is 0 Å². The normalized spacial score (nSPS) is 11.3. The van der Waals surface area contributed by atoms with Crippen LogP contribution in [0.2, 0.25) is 0 Å². The SMILES string of the molecule is CC(C)NC(=O)c1cc(-c2ccco2)nc2onc(-c3ccccc3F)c12. The number of pyridine rings is 1. The Hall–Kier alpha value is -3.48. The van der Waals surface area contributed by atoms with E-state index in [2.05, 4.69) is 15.5 Å². The van der Waals surface area contributed by atoms with Gasteiger partial charge in [-0.05, 0) is 44.2 Å². The van der Waals surface area contributed by atoms with Crippen molar-refractivity contribution in [2.75, 3.05) is 0 Å². The van der Waals surface area contributed by atoms with Crippen LogP contribution in [0.25, 0.3) is 33.8 Å². The zero-order valence-corrected chi connectivity index (χ0v) is 14.7. The summed E-state index contributed by atoms with van der Waals surface area (Å²) in [5.74, 6) is -0.302. The summed E-state index contributed by atoms with van der Waals surface area (Å²) < 4.78 is 25.0. The number of hydrogen-bond donors (Lipinski definition) is 1. The Kier molecular flexibility index (Phi) is 4.19. The molecular weight excluding hydrogens is 349 g/mol. The van der Waals surface area contributed by atoms with Gasteiger partial charge in [0.05, 0.1) is 17.2 Å². The van der Waals surface area contributed by atoms with Gasteiger partial charge in [-0.2, -0.15) is 0 Å². The van der Waals surface area contributed by atoms with Crippen LogP contribution in [0.4, 0.5) is 4.39 Å². The molecule has 27 heavy (non-hydrogen) atoms. The standard InChI is InChI=1S/C20H16FN3O3/c1-11(2)22-19(25)13-10-15(16-8-5-9-26-16)23-20-17(13)18(24-27-20)12-6-3-4-7-14(12)21/h3-11H,1-2H3,(H,22,25). The van der Waals surface area contributed by atoms with Crippen LogP contribution >= 0.6 is 0 Å². The molecule has 0 fully saturated rings. The van der Waals surface area contributed by atoms with Crippen molar-refractivity contribution in [2.45, 2.75) is 19.9 Å². The lowest BCUT2D eigenvalue weighted by Crippen LogP contribution is -2.30. The van der Waals surface area contributed by atoms with Crippen molar-refractivity contribution >= 4 is 17.0 Å². The number of furan rings is 1. The molecule has 0 spiro atoms. The molecule has 0 aliphatic heterocycles. The van der Waals surface area contributed by atoms with E-state index in [1.54, 1.807) is 36.4 Å². The van der Waals surface area contributed by atoms with Crippen LogP contribution in [0.3, 0.4) is 0 Å². The van der Waals surface area contributed by atoms with Gasteiger partial charge in [0.15, 0.2) is 5.76 Å². The number of nitrogens with one attached hydrogen (secondary N) is 1. The first kappa shape index (κ1) is 17.0. The fourth-order valence-corrected chi connectivity index (χ4v) is 2.86. The van der Waals surface area contributed by atoms with Crippen molar-refractivity contribution in [1.82, 2.24) is 15.5 Å². The van der Waals surface area contributed by atoms with Crippen LogP contribution in [0.5, 0.6) is 0 Å². The number of carbonyl (C=O) groups is 1. The second-order valence-electron chi connectivity index (χ2n) is 6.35. The molecule has 7 heteroatoms. The van der Waals surface area contributed by atoms with E-state index in [0.717, 1.165) is 0 Å². The fraction of sp³-hybridized carbons (Fsp3) is 0.150. The number of benzene rings is 1. The Balaban J connectivity index is 1.98. The minimum Gasteiger partial charge on any atom is -0.463 e. The molecule has 0 aliphatic rings. The van der Waals surface area contributed by atoms with Crippen LogP contribution in [0.1, 0.15) is 24.2 Å². The lowest BCUT2D eigenvalue weighted by atomic mass is 10.0. The van der Waals surface area contributed by atoms with Crippen LogP contribution < -0.4 is 5.32 Å². The zero-order valence-electron chi connectivity index (χ0n) is 14.7. The number of hydrogen-bond acceptors (Lipinski definition) is 5. The molecule has 0 bridgehead atoms. The molecular formula is C20H16FN3O3. The van der Waals surface area contributed by atoms with Crippen LogP contribution in [-0.4, -0.2) is 22.1 Å². The number of halogens is 1. The highest BCUT2D eigenvalue weighted by Gasteiger charge is 2.24. The third kappa shape index (κ3) is 3.08. The van der Waals surface area contributed by atoms with Crippen molar-refractivity contribution in [3.05, 3.63) is 60.1 Å². The maximum Gasteiger partial charge on any atom is 0.259 e. The maximum atomic E-state index is 14.3. The molecule has 0 atom stereocenters. The highest BCUT2D eigenvalue weighted by atomic mass is 19.1. The van der Waals surface area contributed by atoms with E-state index in [-0.39, 0.29) is 28.9 Å². The third-order valence-electron chi connectivity index (χ3n) is 4.01. The number of nitrogens with zero attached hydrogens (tertiary/aromatic N) is 2. The number of aromatic nitrogens is 2. The van der Waals surface area contributed by atoms with E-state index in [4.69, 9.17) is 8.94 Å². The second kappa shape index (κ2) is 6.68. The van der Waals surface area contributed by atoms with Crippen molar-refractivity contribution in [3.8, 4) is 22.7 Å². The molecule has 4 rings (SSSR count). The number of fused-ring (bicyclic) bond motifs is 1. The molecule has 6 nitrogen and oxygen atoms in total. The average molecular weight is 365 g/mol. The monoisotopic (exact) mass is 365 g/mol. The molecule has 0 unspecified atom stereocenters. The van der Waals surface area contributed by atoms with E-state index in [9.17, 15) is 9.18 Å². The second-order valence-corrected chi connectivity index (χ2v) is 6.35. The van der Waals surface area contributed by atoms with E-state index in [1.165, 1.54) is 12.3 Å². The largest absolute Gasteiger partial charge is 0.463 e. The summed E-state index contributed by atoms with van der Waals surface area (Å²) in [4.78, 5) is 17.2. The highest BCUT2D eigenvalue weighted by molar-refractivity contribution is 6.10. The van der Waals surface area contributed by atoms with Crippen molar-refractivity contribution in [2.24, 2.45) is 0 Å². The van der Waals surface area contributed by atoms with Gasteiger partial charge in [0.1, 0.15) is 17.2 Å². The number of rotatable bonds is 4. The number of amides is 1. The Bertz CT molecular complexity index is 1120.